The molecule has 2 aromatic heterocycles. The predicted octanol–water partition coefficient (Wildman–Crippen LogP) is 1.07. The summed E-state index contributed by atoms with van der Waals surface area (Å²) in [5.74, 6) is -0.173. The van der Waals surface area contributed by atoms with Gasteiger partial charge in [0.2, 0.25) is 5.91 Å². The van der Waals surface area contributed by atoms with Crippen LogP contribution in [0.5, 0.6) is 0 Å². The number of H-pyrrole nitrogens is 1. The van der Waals surface area contributed by atoms with Gasteiger partial charge in [-0.2, -0.15) is 5.10 Å². The fraction of sp³-hybridized carbons (Fsp3) is 0.357. The SMILES string of the molecule is Cc1cc(C)c(CNC(=O)[C@@H](C)n2cccn2)c(=O)[nH]1. The van der Waals surface area contributed by atoms with Crippen LogP contribution in [0, 0.1) is 13.8 Å². The Hall–Kier alpha value is -2.37. The van der Waals surface area contributed by atoms with Crippen LogP contribution in [0.4, 0.5) is 0 Å². The normalized spacial score (nSPS) is 12.2. The van der Waals surface area contributed by atoms with E-state index in [-0.39, 0.29) is 18.0 Å². The van der Waals surface area contributed by atoms with Crippen LogP contribution in [-0.2, 0) is 11.3 Å². The van der Waals surface area contributed by atoms with Gasteiger partial charge in [0.05, 0.1) is 0 Å². The second kappa shape index (κ2) is 5.73. The molecule has 2 rings (SSSR count). The molecule has 0 aromatic carbocycles. The minimum atomic E-state index is -0.408. The summed E-state index contributed by atoms with van der Waals surface area (Å²) in [6.45, 7) is 5.66. The monoisotopic (exact) mass is 274 g/mol. The van der Waals surface area contributed by atoms with Gasteiger partial charge in [0.25, 0.3) is 5.56 Å². The first-order valence-corrected chi connectivity index (χ1v) is 6.45. The molecule has 6 heteroatoms. The predicted molar refractivity (Wildman–Crippen MR) is 75.3 cm³/mol. The first kappa shape index (κ1) is 14.0. The summed E-state index contributed by atoms with van der Waals surface area (Å²) in [5, 5.41) is 6.80. The lowest BCUT2D eigenvalue weighted by Crippen LogP contribution is -2.33. The molecule has 0 bridgehead atoms. The van der Waals surface area contributed by atoms with Crippen LogP contribution >= 0.6 is 0 Å². The van der Waals surface area contributed by atoms with E-state index in [9.17, 15) is 9.59 Å². The molecule has 0 radical (unpaired) electrons. The van der Waals surface area contributed by atoms with Crippen molar-refractivity contribution in [1.29, 1.82) is 0 Å². The van der Waals surface area contributed by atoms with Gasteiger partial charge in [-0.3, -0.25) is 14.3 Å². The van der Waals surface area contributed by atoms with Crippen molar-refractivity contribution in [3.8, 4) is 0 Å². The molecule has 1 amide bonds. The second-order valence-electron chi connectivity index (χ2n) is 4.82. The summed E-state index contributed by atoms with van der Waals surface area (Å²) >= 11 is 0. The highest BCUT2D eigenvalue weighted by Gasteiger charge is 2.15. The Balaban J connectivity index is 2.06. The Bertz CT molecular complexity index is 658. The number of rotatable bonds is 4. The molecule has 0 aliphatic carbocycles. The molecule has 0 aliphatic rings. The minimum Gasteiger partial charge on any atom is -0.350 e. The minimum absolute atomic E-state index is 0.158. The van der Waals surface area contributed by atoms with Gasteiger partial charge in [-0.1, -0.05) is 0 Å². The van der Waals surface area contributed by atoms with E-state index in [1.807, 2.05) is 19.9 Å². The molecular formula is C14H18N4O2. The van der Waals surface area contributed by atoms with E-state index in [1.54, 1.807) is 30.1 Å². The van der Waals surface area contributed by atoms with Gasteiger partial charge >= 0.3 is 0 Å². The largest absolute Gasteiger partial charge is 0.350 e. The maximum absolute atomic E-state index is 12.0. The fourth-order valence-electron chi connectivity index (χ4n) is 2.05. The Labute approximate surface area is 116 Å². The number of aryl methyl sites for hydroxylation is 2. The number of aromatic amines is 1. The number of amides is 1. The molecular weight excluding hydrogens is 256 g/mol. The Kier molecular flexibility index (Phi) is 4.02. The number of nitrogens with zero attached hydrogens (tertiary/aromatic N) is 2. The number of hydrogen-bond donors (Lipinski definition) is 2. The highest BCUT2D eigenvalue weighted by Crippen LogP contribution is 2.06. The van der Waals surface area contributed by atoms with Gasteiger partial charge in [0, 0.05) is 30.2 Å². The number of carbonyl (C=O) groups is 1. The number of aromatic nitrogens is 3. The van der Waals surface area contributed by atoms with Crippen molar-refractivity contribution >= 4 is 5.91 Å². The van der Waals surface area contributed by atoms with Crippen LogP contribution in [0.1, 0.15) is 29.8 Å². The van der Waals surface area contributed by atoms with Crippen molar-refractivity contribution in [2.24, 2.45) is 0 Å². The second-order valence-corrected chi connectivity index (χ2v) is 4.82. The van der Waals surface area contributed by atoms with E-state index >= 15 is 0 Å². The number of hydrogen-bond acceptors (Lipinski definition) is 3. The van der Waals surface area contributed by atoms with Gasteiger partial charge in [-0.05, 0) is 38.5 Å². The smallest absolute Gasteiger partial charge is 0.253 e. The summed E-state index contributed by atoms with van der Waals surface area (Å²) in [6.07, 6.45) is 3.35. The van der Waals surface area contributed by atoms with E-state index in [4.69, 9.17) is 0 Å². The zero-order chi connectivity index (χ0) is 14.7. The van der Waals surface area contributed by atoms with Crippen molar-refractivity contribution in [2.75, 3.05) is 0 Å². The first-order chi connectivity index (χ1) is 9.49. The summed E-state index contributed by atoms with van der Waals surface area (Å²) in [4.78, 5) is 26.6. The highest BCUT2D eigenvalue weighted by atomic mass is 16.2. The summed E-state index contributed by atoms with van der Waals surface area (Å²) in [5.41, 5.74) is 2.11. The molecule has 0 spiro atoms. The van der Waals surface area contributed by atoms with E-state index in [2.05, 4.69) is 15.4 Å². The molecule has 2 N–H and O–H groups in total. The number of nitrogens with one attached hydrogen (secondary N) is 2. The molecule has 0 saturated carbocycles. The third-order valence-electron chi connectivity index (χ3n) is 3.23. The summed E-state index contributed by atoms with van der Waals surface area (Å²) in [7, 11) is 0. The molecule has 106 valence electrons. The Morgan fingerprint density at radius 3 is 2.85 bits per heavy atom. The van der Waals surface area contributed by atoms with Gasteiger partial charge in [-0.25, -0.2) is 0 Å². The molecule has 2 aromatic rings. The quantitative estimate of drug-likeness (QED) is 0.875. The van der Waals surface area contributed by atoms with Crippen molar-refractivity contribution in [3.63, 3.8) is 0 Å². The topological polar surface area (TPSA) is 79.8 Å². The Morgan fingerprint density at radius 1 is 1.50 bits per heavy atom. The Morgan fingerprint density at radius 2 is 2.25 bits per heavy atom. The third kappa shape index (κ3) is 2.96. The van der Waals surface area contributed by atoms with Crippen LogP contribution in [0.2, 0.25) is 0 Å². The highest BCUT2D eigenvalue weighted by molar-refractivity contribution is 5.79. The maximum atomic E-state index is 12.0. The maximum Gasteiger partial charge on any atom is 0.253 e. The van der Waals surface area contributed by atoms with Gasteiger partial charge < -0.3 is 10.3 Å². The van der Waals surface area contributed by atoms with Gasteiger partial charge in [0.1, 0.15) is 6.04 Å². The summed E-state index contributed by atoms with van der Waals surface area (Å²) in [6, 6.07) is 3.24. The van der Waals surface area contributed by atoms with Crippen molar-refractivity contribution in [2.45, 2.75) is 33.4 Å². The molecule has 2 heterocycles. The van der Waals surface area contributed by atoms with Crippen LogP contribution in [0.25, 0.3) is 0 Å². The fourth-order valence-corrected chi connectivity index (χ4v) is 2.05. The number of pyridine rings is 1. The van der Waals surface area contributed by atoms with Crippen molar-refractivity contribution in [1.82, 2.24) is 20.1 Å². The molecule has 0 aliphatic heterocycles. The van der Waals surface area contributed by atoms with E-state index in [0.29, 0.717) is 5.56 Å². The van der Waals surface area contributed by atoms with E-state index in [1.165, 1.54) is 0 Å². The van der Waals surface area contributed by atoms with Gasteiger partial charge in [0.15, 0.2) is 0 Å². The molecule has 1 atom stereocenters. The van der Waals surface area contributed by atoms with Crippen LogP contribution in [0.3, 0.4) is 0 Å². The van der Waals surface area contributed by atoms with Crippen molar-refractivity contribution in [3.05, 3.63) is 51.7 Å². The molecule has 0 unspecified atom stereocenters. The van der Waals surface area contributed by atoms with Crippen molar-refractivity contribution < 1.29 is 4.79 Å². The van der Waals surface area contributed by atoms with Gasteiger partial charge in [-0.15, -0.1) is 0 Å². The van der Waals surface area contributed by atoms with Crippen LogP contribution in [0.15, 0.2) is 29.3 Å². The zero-order valence-electron chi connectivity index (χ0n) is 11.8. The molecule has 6 nitrogen and oxygen atoms in total. The third-order valence-corrected chi connectivity index (χ3v) is 3.23. The van der Waals surface area contributed by atoms with Crippen LogP contribution < -0.4 is 10.9 Å². The van der Waals surface area contributed by atoms with E-state index < -0.39 is 6.04 Å². The average molecular weight is 274 g/mol. The average Bonchev–Trinajstić information content (AvgIpc) is 2.90. The van der Waals surface area contributed by atoms with E-state index in [0.717, 1.165) is 11.3 Å². The number of carbonyl (C=O) groups excluding carboxylic acids is 1. The molecule has 20 heavy (non-hydrogen) atoms. The first-order valence-electron chi connectivity index (χ1n) is 6.45. The summed E-state index contributed by atoms with van der Waals surface area (Å²) < 4.78 is 1.57. The molecule has 0 saturated heterocycles. The zero-order valence-corrected chi connectivity index (χ0v) is 11.8. The lowest BCUT2D eigenvalue weighted by Gasteiger charge is -2.13. The van der Waals surface area contributed by atoms with Crippen LogP contribution in [-0.4, -0.2) is 20.7 Å². The molecule has 0 fully saturated rings. The standard InChI is InChI=1S/C14H18N4O2/c1-9-7-10(2)17-14(20)12(9)8-15-13(19)11(3)18-6-4-5-16-18/h4-7,11H,8H2,1-3H3,(H,15,19)(H,17,20)/t11-/m1/s1. The lowest BCUT2D eigenvalue weighted by molar-refractivity contribution is -0.124. The lowest BCUT2D eigenvalue weighted by atomic mass is 10.1.